The highest BCUT2D eigenvalue weighted by Gasteiger charge is 2.27. The third-order valence-electron chi connectivity index (χ3n) is 6.66. The summed E-state index contributed by atoms with van der Waals surface area (Å²) >= 11 is 0. The maximum absolute atomic E-state index is 12.3. The van der Waals surface area contributed by atoms with Crippen molar-refractivity contribution in [2.24, 2.45) is 0 Å². The fourth-order valence-corrected chi connectivity index (χ4v) is 4.77. The molecule has 1 amide bonds. The van der Waals surface area contributed by atoms with Gasteiger partial charge in [0.1, 0.15) is 5.76 Å². The fraction of sp³-hybridized carbons (Fsp3) is 0.481. The molecular formula is C27H36N6O3. The Morgan fingerprint density at radius 3 is 2.75 bits per heavy atom. The molecule has 192 valence electrons. The van der Waals surface area contributed by atoms with E-state index >= 15 is 0 Å². The van der Waals surface area contributed by atoms with Gasteiger partial charge < -0.3 is 20.3 Å². The van der Waals surface area contributed by atoms with E-state index in [9.17, 15) is 4.79 Å². The number of aryl methyl sites for hydroxylation is 2. The smallest absolute Gasteiger partial charge is 0.238 e. The van der Waals surface area contributed by atoms with Crippen LogP contribution in [0.4, 0.5) is 17.3 Å². The molecule has 3 N–H and O–H groups in total. The first-order chi connectivity index (χ1) is 17.5. The Labute approximate surface area is 212 Å². The predicted octanol–water partition coefficient (Wildman–Crippen LogP) is 4.66. The van der Waals surface area contributed by atoms with Gasteiger partial charge in [0.2, 0.25) is 11.9 Å². The Hall–Kier alpha value is -3.30. The SMILES string of the molecule is CCc1cnc(Nc2cccc(NC(=O)CN(C)CCO)c2)nc1-c1c(C2CCCCC2)noc1C. The second kappa shape index (κ2) is 12.1. The normalized spacial score (nSPS) is 14.2. The quantitative estimate of drug-likeness (QED) is 0.374. The molecule has 2 aromatic heterocycles. The van der Waals surface area contributed by atoms with E-state index < -0.39 is 0 Å². The van der Waals surface area contributed by atoms with Crippen molar-refractivity contribution in [1.82, 2.24) is 20.0 Å². The average Bonchev–Trinajstić information content (AvgIpc) is 3.26. The molecule has 4 rings (SSSR count). The largest absolute Gasteiger partial charge is 0.395 e. The molecule has 0 atom stereocenters. The summed E-state index contributed by atoms with van der Waals surface area (Å²) in [6.45, 7) is 4.70. The molecule has 36 heavy (non-hydrogen) atoms. The number of nitrogens with zero attached hydrogens (tertiary/aromatic N) is 4. The van der Waals surface area contributed by atoms with Crippen LogP contribution < -0.4 is 10.6 Å². The van der Waals surface area contributed by atoms with Gasteiger partial charge >= 0.3 is 0 Å². The molecule has 0 saturated heterocycles. The number of hydrogen-bond acceptors (Lipinski definition) is 8. The summed E-state index contributed by atoms with van der Waals surface area (Å²) in [7, 11) is 1.79. The number of aliphatic hydroxyl groups excluding tert-OH is 1. The van der Waals surface area contributed by atoms with Crippen LogP contribution in [0.2, 0.25) is 0 Å². The molecule has 0 radical (unpaired) electrons. The first kappa shape index (κ1) is 25.8. The van der Waals surface area contributed by atoms with Crippen LogP contribution in [0.25, 0.3) is 11.3 Å². The number of amides is 1. The highest BCUT2D eigenvalue weighted by molar-refractivity contribution is 5.92. The van der Waals surface area contributed by atoms with Gasteiger partial charge in [-0.3, -0.25) is 9.69 Å². The van der Waals surface area contributed by atoms with Gasteiger partial charge in [0.15, 0.2) is 0 Å². The number of aliphatic hydroxyl groups is 1. The van der Waals surface area contributed by atoms with Crippen LogP contribution in [-0.2, 0) is 11.2 Å². The van der Waals surface area contributed by atoms with Crippen molar-refractivity contribution >= 4 is 23.2 Å². The number of benzene rings is 1. The monoisotopic (exact) mass is 492 g/mol. The molecule has 0 unspecified atom stereocenters. The van der Waals surface area contributed by atoms with Crippen LogP contribution in [-0.4, -0.2) is 57.8 Å². The number of likely N-dealkylation sites (N-methyl/N-ethyl adjacent to an activating group) is 1. The number of aromatic nitrogens is 3. The second-order valence-corrected chi connectivity index (χ2v) is 9.47. The van der Waals surface area contributed by atoms with E-state index in [0.717, 1.165) is 53.2 Å². The lowest BCUT2D eigenvalue weighted by Gasteiger charge is -2.21. The summed E-state index contributed by atoms with van der Waals surface area (Å²) in [5.41, 5.74) is 5.37. The van der Waals surface area contributed by atoms with Crippen molar-refractivity contribution in [3.8, 4) is 11.3 Å². The number of nitrogens with one attached hydrogen (secondary N) is 2. The molecule has 0 spiro atoms. The molecule has 0 aliphatic heterocycles. The van der Waals surface area contributed by atoms with Crippen LogP contribution in [0.3, 0.4) is 0 Å². The highest BCUT2D eigenvalue weighted by atomic mass is 16.5. The molecule has 1 aliphatic rings. The van der Waals surface area contributed by atoms with Crippen LogP contribution in [0.15, 0.2) is 35.0 Å². The number of rotatable bonds is 10. The third-order valence-corrected chi connectivity index (χ3v) is 6.66. The first-order valence-electron chi connectivity index (χ1n) is 12.8. The van der Waals surface area contributed by atoms with E-state index in [4.69, 9.17) is 14.6 Å². The summed E-state index contributed by atoms with van der Waals surface area (Å²) < 4.78 is 5.67. The Balaban J connectivity index is 1.55. The van der Waals surface area contributed by atoms with E-state index in [1.54, 1.807) is 11.9 Å². The zero-order valence-electron chi connectivity index (χ0n) is 21.4. The lowest BCUT2D eigenvalue weighted by atomic mass is 9.84. The van der Waals surface area contributed by atoms with Crippen molar-refractivity contribution in [2.45, 2.75) is 58.3 Å². The predicted molar refractivity (Wildman–Crippen MR) is 140 cm³/mol. The van der Waals surface area contributed by atoms with Crippen LogP contribution in [0.5, 0.6) is 0 Å². The van der Waals surface area contributed by atoms with E-state index in [1.165, 1.54) is 19.3 Å². The lowest BCUT2D eigenvalue weighted by molar-refractivity contribution is -0.117. The molecule has 1 aromatic carbocycles. The highest BCUT2D eigenvalue weighted by Crippen LogP contribution is 2.39. The van der Waals surface area contributed by atoms with Crippen molar-refractivity contribution < 1.29 is 14.4 Å². The van der Waals surface area contributed by atoms with E-state index in [0.29, 0.717) is 24.1 Å². The molecule has 9 nitrogen and oxygen atoms in total. The van der Waals surface area contributed by atoms with Gasteiger partial charge in [0.05, 0.1) is 30.1 Å². The van der Waals surface area contributed by atoms with Gasteiger partial charge in [-0.1, -0.05) is 37.4 Å². The van der Waals surface area contributed by atoms with E-state index in [2.05, 4.69) is 27.7 Å². The maximum Gasteiger partial charge on any atom is 0.238 e. The van der Waals surface area contributed by atoms with Gasteiger partial charge in [-0.15, -0.1) is 0 Å². The second-order valence-electron chi connectivity index (χ2n) is 9.47. The van der Waals surface area contributed by atoms with Gasteiger partial charge in [0, 0.05) is 30.0 Å². The number of anilines is 3. The minimum Gasteiger partial charge on any atom is -0.395 e. The van der Waals surface area contributed by atoms with Gasteiger partial charge in [-0.05, 0) is 57.0 Å². The topological polar surface area (TPSA) is 116 Å². The van der Waals surface area contributed by atoms with Gasteiger partial charge in [-0.2, -0.15) is 0 Å². The molecule has 1 saturated carbocycles. The Morgan fingerprint density at radius 1 is 1.22 bits per heavy atom. The maximum atomic E-state index is 12.3. The van der Waals surface area contributed by atoms with E-state index in [-0.39, 0.29) is 19.1 Å². The molecule has 0 bridgehead atoms. The number of carbonyl (C=O) groups is 1. The molecule has 9 heteroatoms. The van der Waals surface area contributed by atoms with Crippen LogP contribution in [0.1, 0.15) is 62.0 Å². The minimum absolute atomic E-state index is 0.0125. The van der Waals surface area contributed by atoms with Gasteiger partial charge in [0.25, 0.3) is 0 Å². The van der Waals surface area contributed by atoms with Gasteiger partial charge in [-0.25, -0.2) is 9.97 Å². The average molecular weight is 493 g/mol. The minimum atomic E-state index is -0.146. The molecular weight excluding hydrogens is 456 g/mol. The molecule has 2 heterocycles. The zero-order chi connectivity index (χ0) is 25.5. The number of hydrogen-bond donors (Lipinski definition) is 3. The Morgan fingerprint density at radius 2 is 2.00 bits per heavy atom. The fourth-order valence-electron chi connectivity index (χ4n) is 4.77. The molecule has 3 aromatic rings. The first-order valence-corrected chi connectivity index (χ1v) is 12.8. The zero-order valence-corrected chi connectivity index (χ0v) is 21.4. The summed E-state index contributed by atoms with van der Waals surface area (Å²) in [5.74, 6) is 1.51. The summed E-state index contributed by atoms with van der Waals surface area (Å²) in [6, 6.07) is 7.45. The lowest BCUT2D eigenvalue weighted by Crippen LogP contribution is -2.32. The molecule has 1 fully saturated rings. The number of carbonyl (C=O) groups excluding carboxylic acids is 1. The van der Waals surface area contributed by atoms with Crippen molar-refractivity contribution in [3.63, 3.8) is 0 Å². The Kier molecular flexibility index (Phi) is 8.66. The third kappa shape index (κ3) is 6.27. The van der Waals surface area contributed by atoms with Crippen molar-refractivity contribution in [3.05, 3.63) is 47.5 Å². The van der Waals surface area contributed by atoms with Crippen molar-refractivity contribution in [1.29, 1.82) is 0 Å². The van der Waals surface area contributed by atoms with Crippen molar-refractivity contribution in [2.75, 3.05) is 37.4 Å². The summed E-state index contributed by atoms with van der Waals surface area (Å²) in [5, 5.41) is 19.7. The summed E-state index contributed by atoms with van der Waals surface area (Å²) in [4.78, 5) is 23.5. The van der Waals surface area contributed by atoms with Crippen LogP contribution >= 0.6 is 0 Å². The summed E-state index contributed by atoms with van der Waals surface area (Å²) in [6.07, 6.45) is 8.65. The standard InChI is InChI=1S/C27H36N6O3/c1-4-19-16-28-27(30-22-12-8-11-21(15-22)29-23(35)17-33(3)13-14-34)31-25(19)24-18(2)36-32-26(24)20-9-6-5-7-10-20/h8,11-12,15-16,20,34H,4-7,9-10,13-14,17H2,1-3H3,(H,29,35)(H,28,30,31). The molecule has 1 aliphatic carbocycles. The Bertz CT molecular complexity index is 1170. The van der Waals surface area contributed by atoms with Crippen LogP contribution in [0, 0.1) is 6.92 Å². The van der Waals surface area contributed by atoms with E-state index in [1.807, 2.05) is 37.4 Å².